The first-order valence-corrected chi connectivity index (χ1v) is 10.6. The maximum absolute atomic E-state index is 6.26. The van der Waals surface area contributed by atoms with Crippen molar-refractivity contribution in [2.24, 2.45) is 0 Å². The van der Waals surface area contributed by atoms with Gasteiger partial charge in [-0.3, -0.25) is 0 Å². The summed E-state index contributed by atoms with van der Waals surface area (Å²) in [5, 5.41) is 8.46. The van der Waals surface area contributed by atoms with Gasteiger partial charge in [0.2, 0.25) is 5.89 Å². The molecule has 0 fully saturated rings. The minimum atomic E-state index is 0.279. The van der Waals surface area contributed by atoms with Crippen molar-refractivity contribution in [3.63, 3.8) is 0 Å². The topological polar surface area (TPSA) is 52.2 Å². The average Bonchev–Trinajstić information content (AvgIpc) is 3.14. The van der Waals surface area contributed by atoms with Gasteiger partial charge in [-0.05, 0) is 61.5 Å². The monoisotopic (exact) mass is 451 g/mol. The maximum atomic E-state index is 6.26. The summed E-state index contributed by atoms with van der Waals surface area (Å²) in [6, 6.07) is 21.6. The number of para-hydroxylation sites is 1. The standard InChI is InChI=1S/C24H22ClN3O2S/c1-16-11-12-20(25)21(13-16)26-15-28-24(31)30-23(27-28)19-9-5-4-8-18(19)14-29-22-10-6-3-7-17(22)2/h3-13,26H,14-15H2,1-2H3. The summed E-state index contributed by atoms with van der Waals surface area (Å²) in [5.74, 6) is 1.30. The van der Waals surface area contributed by atoms with Crippen molar-refractivity contribution in [3.05, 3.63) is 93.3 Å². The van der Waals surface area contributed by atoms with Crippen LogP contribution >= 0.6 is 23.8 Å². The van der Waals surface area contributed by atoms with E-state index in [-0.39, 0.29) is 4.84 Å². The Balaban J connectivity index is 1.53. The van der Waals surface area contributed by atoms with Crippen LogP contribution in [0.25, 0.3) is 11.5 Å². The molecule has 0 aliphatic carbocycles. The lowest BCUT2D eigenvalue weighted by molar-refractivity contribution is 0.304. The number of nitrogens with one attached hydrogen (secondary N) is 1. The highest BCUT2D eigenvalue weighted by molar-refractivity contribution is 7.71. The molecule has 0 saturated carbocycles. The summed E-state index contributed by atoms with van der Waals surface area (Å²) in [6.45, 7) is 4.77. The molecule has 0 atom stereocenters. The highest BCUT2D eigenvalue weighted by Crippen LogP contribution is 2.26. The Morgan fingerprint density at radius 1 is 1.06 bits per heavy atom. The molecular formula is C24H22ClN3O2S. The highest BCUT2D eigenvalue weighted by atomic mass is 35.5. The number of rotatable bonds is 7. The second-order valence-corrected chi connectivity index (χ2v) is 7.96. The van der Waals surface area contributed by atoms with Crippen LogP contribution in [0.2, 0.25) is 5.02 Å². The first kappa shape index (κ1) is 21.2. The predicted molar refractivity (Wildman–Crippen MR) is 126 cm³/mol. The summed E-state index contributed by atoms with van der Waals surface area (Å²) >= 11 is 11.6. The van der Waals surface area contributed by atoms with Crippen LogP contribution < -0.4 is 10.1 Å². The van der Waals surface area contributed by atoms with Gasteiger partial charge in [-0.2, -0.15) is 0 Å². The molecule has 1 N–H and O–H groups in total. The van der Waals surface area contributed by atoms with Crippen LogP contribution in [-0.2, 0) is 13.3 Å². The molecule has 0 radical (unpaired) electrons. The van der Waals surface area contributed by atoms with Crippen LogP contribution in [0, 0.1) is 18.7 Å². The molecule has 0 amide bonds. The van der Waals surface area contributed by atoms with E-state index in [0.717, 1.165) is 33.7 Å². The molecule has 4 rings (SSSR count). The molecule has 3 aromatic carbocycles. The second-order valence-electron chi connectivity index (χ2n) is 7.20. The van der Waals surface area contributed by atoms with Gasteiger partial charge < -0.3 is 14.5 Å². The number of hydrogen-bond donors (Lipinski definition) is 1. The number of ether oxygens (including phenoxy) is 1. The van der Waals surface area contributed by atoms with Gasteiger partial charge in [0.05, 0.1) is 10.7 Å². The number of aryl methyl sites for hydroxylation is 2. The van der Waals surface area contributed by atoms with Gasteiger partial charge >= 0.3 is 0 Å². The Morgan fingerprint density at radius 3 is 2.68 bits per heavy atom. The zero-order valence-corrected chi connectivity index (χ0v) is 18.8. The van der Waals surface area contributed by atoms with Crippen molar-refractivity contribution in [1.82, 2.24) is 9.78 Å². The normalized spacial score (nSPS) is 10.8. The van der Waals surface area contributed by atoms with Gasteiger partial charge in [0.15, 0.2) is 0 Å². The number of aromatic nitrogens is 2. The van der Waals surface area contributed by atoms with Gasteiger partial charge in [-0.1, -0.05) is 54.1 Å². The number of nitrogens with zero attached hydrogens (tertiary/aromatic N) is 2. The van der Waals surface area contributed by atoms with Crippen LogP contribution in [-0.4, -0.2) is 9.78 Å². The van der Waals surface area contributed by atoms with Crippen molar-refractivity contribution < 1.29 is 9.15 Å². The van der Waals surface area contributed by atoms with E-state index >= 15 is 0 Å². The molecule has 1 heterocycles. The van der Waals surface area contributed by atoms with E-state index in [1.807, 2.05) is 80.6 Å². The van der Waals surface area contributed by atoms with Crippen molar-refractivity contribution in [2.45, 2.75) is 27.1 Å². The summed E-state index contributed by atoms with van der Waals surface area (Å²) in [7, 11) is 0. The van der Waals surface area contributed by atoms with E-state index in [4.69, 9.17) is 33.0 Å². The fraction of sp³-hybridized carbons (Fsp3) is 0.167. The molecule has 1 aromatic heterocycles. The van der Waals surface area contributed by atoms with E-state index in [2.05, 4.69) is 10.4 Å². The molecular weight excluding hydrogens is 430 g/mol. The molecule has 0 spiro atoms. The van der Waals surface area contributed by atoms with Crippen LogP contribution in [0.15, 0.2) is 71.1 Å². The van der Waals surface area contributed by atoms with Gasteiger partial charge in [0.25, 0.3) is 4.84 Å². The van der Waals surface area contributed by atoms with Gasteiger partial charge in [0, 0.05) is 11.1 Å². The van der Waals surface area contributed by atoms with E-state index in [1.165, 1.54) is 0 Å². The van der Waals surface area contributed by atoms with Crippen molar-refractivity contribution in [1.29, 1.82) is 0 Å². The van der Waals surface area contributed by atoms with Crippen molar-refractivity contribution in [3.8, 4) is 17.2 Å². The molecule has 158 valence electrons. The van der Waals surface area contributed by atoms with Crippen LogP contribution in [0.4, 0.5) is 5.69 Å². The number of anilines is 1. The Morgan fingerprint density at radius 2 is 1.84 bits per heavy atom. The number of hydrogen-bond acceptors (Lipinski definition) is 5. The van der Waals surface area contributed by atoms with Crippen molar-refractivity contribution >= 4 is 29.5 Å². The summed E-state index contributed by atoms with van der Waals surface area (Å²) in [5.41, 5.74) is 4.82. The first-order chi connectivity index (χ1) is 15.0. The Labute approximate surface area is 191 Å². The van der Waals surface area contributed by atoms with Crippen molar-refractivity contribution in [2.75, 3.05) is 5.32 Å². The smallest absolute Gasteiger partial charge is 0.289 e. The maximum Gasteiger partial charge on any atom is 0.289 e. The predicted octanol–water partition coefficient (Wildman–Crippen LogP) is 6.79. The van der Waals surface area contributed by atoms with Gasteiger partial charge in [0.1, 0.15) is 19.0 Å². The molecule has 0 bridgehead atoms. The Bertz CT molecular complexity index is 1270. The van der Waals surface area contributed by atoms with Gasteiger partial charge in [-0.15, -0.1) is 5.10 Å². The average molecular weight is 452 g/mol. The second kappa shape index (κ2) is 9.37. The molecule has 0 unspecified atom stereocenters. The summed E-state index contributed by atoms with van der Waals surface area (Å²) in [4.78, 5) is 0.279. The SMILES string of the molecule is Cc1ccc(Cl)c(NCn2nc(-c3ccccc3COc3ccccc3C)oc2=S)c1. The largest absolute Gasteiger partial charge is 0.489 e. The summed E-state index contributed by atoms with van der Waals surface area (Å²) in [6.07, 6.45) is 0. The lowest BCUT2D eigenvalue weighted by atomic mass is 10.1. The van der Waals surface area contributed by atoms with E-state index in [1.54, 1.807) is 4.68 Å². The summed E-state index contributed by atoms with van der Waals surface area (Å²) < 4.78 is 13.4. The van der Waals surface area contributed by atoms with Crippen LogP contribution in [0.5, 0.6) is 5.75 Å². The molecule has 5 nitrogen and oxygen atoms in total. The minimum Gasteiger partial charge on any atom is -0.489 e. The van der Waals surface area contributed by atoms with E-state index < -0.39 is 0 Å². The highest BCUT2D eigenvalue weighted by Gasteiger charge is 2.13. The molecule has 31 heavy (non-hydrogen) atoms. The third kappa shape index (κ3) is 4.98. The molecule has 0 aliphatic rings. The third-order valence-corrected chi connectivity index (χ3v) is 5.50. The zero-order chi connectivity index (χ0) is 21.8. The Hall–Kier alpha value is -3.09. The minimum absolute atomic E-state index is 0.279. The Kier molecular flexibility index (Phi) is 6.39. The fourth-order valence-electron chi connectivity index (χ4n) is 3.18. The quantitative estimate of drug-likeness (QED) is 0.313. The van der Waals surface area contributed by atoms with Crippen LogP contribution in [0.3, 0.4) is 0 Å². The van der Waals surface area contributed by atoms with Crippen LogP contribution in [0.1, 0.15) is 16.7 Å². The lowest BCUT2D eigenvalue weighted by Gasteiger charge is -2.11. The zero-order valence-electron chi connectivity index (χ0n) is 17.3. The first-order valence-electron chi connectivity index (χ1n) is 9.86. The van der Waals surface area contributed by atoms with Gasteiger partial charge in [-0.25, -0.2) is 4.68 Å². The fourth-order valence-corrected chi connectivity index (χ4v) is 3.55. The molecule has 4 aromatic rings. The van der Waals surface area contributed by atoms with E-state index in [0.29, 0.717) is 24.2 Å². The number of benzene rings is 3. The van der Waals surface area contributed by atoms with E-state index in [9.17, 15) is 0 Å². The lowest BCUT2D eigenvalue weighted by Crippen LogP contribution is -2.10. The molecule has 0 aliphatic heterocycles. The number of halogens is 1. The molecule has 7 heteroatoms. The third-order valence-electron chi connectivity index (χ3n) is 4.87. The molecule has 0 saturated heterocycles.